The summed E-state index contributed by atoms with van der Waals surface area (Å²) in [5, 5.41) is 2.61. The molecule has 0 spiro atoms. The van der Waals surface area contributed by atoms with Crippen molar-refractivity contribution in [1.82, 2.24) is 10.2 Å². The molecule has 0 aromatic heterocycles. The van der Waals surface area contributed by atoms with Crippen molar-refractivity contribution in [3.05, 3.63) is 35.5 Å². The molecular formula is C21H30N2O3. The van der Waals surface area contributed by atoms with E-state index >= 15 is 0 Å². The number of amides is 2. The van der Waals surface area contributed by atoms with Crippen LogP contribution in [0.4, 0.5) is 0 Å². The van der Waals surface area contributed by atoms with E-state index in [1.165, 1.54) is 19.3 Å². The predicted molar refractivity (Wildman–Crippen MR) is 102 cm³/mol. The Bertz CT molecular complexity index is 627. The Morgan fingerprint density at radius 2 is 2.04 bits per heavy atom. The topological polar surface area (TPSA) is 66.5 Å². The zero-order valence-corrected chi connectivity index (χ0v) is 15.9. The summed E-state index contributed by atoms with van der Waals surface area (Å²) in [6, 6.07) is -0.624. The fourth-order valence-electron chi connectivity index (χ4n) is 3.88. The summed E-state index contributed by atoms with van der Waals surface area (Å²) >= 11 is 0. The molecule has 1 unspecified atom stereocenters. The number of likely N-dealkylation sites (tertiary alicyclic amines) is 1. The SMILES string of the molecule is C=C(/C=C1/C(=O)N(C(CCC=O)C(=O)NC)C/C1=C/C)C1CCCCC1. The van der Waals surface area contributed by atoms with Gasteiger partial charge in [-0.15, -0.1) is 0 Å². The summed E-state index contributed by atoms with van der Waals surface area (Å²) in [5.41, 5.74) is 2.58. The van der Waals surface area contributed by atoms with Crippen LogP contribution in [0.3, 0.4) is 0 Å². The van der Waals surface area contributed by atoms with Crippen LogP contribution in [-0.4, -0.2) is 42.6 Å². The minimum atomic E-state index is -0.624. The molecule has 0 aromatic rings. The first-order chi connectivity index (χ1) is 12.5. The summed E-state index contributed by atoms with van der Waals surface area (Å²) in [6.45, 7) is 6.52. The van der Waals surface area contributed by atoms with Crippen molar-refractivity contribution >= 4 is 18.1 Å². The summed E-state index contributed by atoms with van der Waals surface area (Å²) in [6.07, 6.45) is 11.2. The highest BCUT2D eigenvalue weighted by Gasteiger charge is 2.37. The third kappa shape index (κ3) is 4.51. The number of hydrogen-bond acceptors (Lipinski definition) is 3. The van der Waals surface area contributed by atoms with Crippen LogP contribution in [0, 0.1) is 5.92 Å². The predicted octanol–water partition coefficient (Wildman–Crippen LogP) is 2.93. The number of likely N-dealkylation sites (N-methyl/N-ethyl adjacent to an activating group) is 1. The van der Waals surface area contributed by atoms with Gasteiger partial charge in [0, 0.05) is 25.6 Å². The van der Waals surface area contributed by atoms with Gasteiger partial charge in [-0.2, -0.15) is 0 Å². The van der Waals surface area contributed by atoms with Gasteiger partial charge >= 0.3 is 0 Å². The van der Waals surface area contributed by atoms with Crippen LogP contribution in [-0.2, 0) is 14.4 Å². The van der Waals surface area contributed by atoms with E-state index in [0.29, 0.717) is 24.5 Å². The van der Waals surface area contributed by atoms with Gasteiger partial charge in [-0.3, -0.25) is 9.59 Å². The molecule has 2 aliphatic rings. The minimum Gasteiger partial charge on any atom is -0.357 e. The first kappa shape index (κ1) is 20.1. The number of rotatable bonds is 7. The minimum absolute atomic E-state index is 0.144. The van der Waals surface area contributed by atoms with Crippen LogP contribution in [0.15, 0.2) is 35.5 Å². The molecule has 142 valence electrons. The van der Waals surface area contributed by atoms with Gasteiger partial charge in [-0.05, 0) is 43.8 Å². The molecule has 1 aliphatic carbocycles. The van der Waals surface area contributed by atoms with E-state index in [-0.39, 0.29) is 18.2 Å². The van der Waals surface area contributed by atoms with E-state index in [9.17, 15) is 14.4 Å². The second kappa shape index (κ2) is 9.51. The van der Waals surface area contributed by atoms with Gasteiger partial charge in [0.2, 0.25) is 5.91 Å². The average Bonchev–Trinajstić information content (AvgIpc) is 2.98. The highest BCUT2D eigenvalue weighted by Crippen LogP contribution is 2.33. The molecule has 1 saturated carbocycles. The first-order valence-electron chi connectivity index (χ1n) is 9.55. The average molecular weight is 358 g/mol. The standard InChI is InChI=1S/C21H30N2O3/c1-4-16-14-23(19(11-8-12-24)20(25)22-3)21(26)18(16)13-15(2)17-9-6-5-7-10-17/h4,12-13,17,19H,2,5-11,14H2,1,3H3,(H,22,25)/b16-4-,18-13+. The molecular weight excluding hydrogens is 328 g/mol. The maximum atomic E-state index is 13.0. The Morgan fingerprint density at radius 1 is 1.35 bits per heavy atom. The number of hydrogen-bond donors (Lipinski definition) is 1. The lowest BCUT2D eigenvalue weighted by molar-refractivity contribution is -0.136. The van der Waals surface area contributed by atoms with Gasteiger partial charge in [0.05, 0.1) is 0 Å². The van der Waals surface area contributed by atoms with Crippen molar-refractivity contribution < 1.29 is 14.4 Å². The van der Waals surface area contributed by atoms with Crippen molar-refractivity contribution in [2.24, 2.45) is 5.92 Å². The Kier molecular flexibility index (Phi) is 7.37. The summed E-state index contributed by atoms with van der Waals surface area (Å²) in [4.78, 5) is 37.6. The first-order valence-corrected chi connectivity index (χ1v) is 9.55. The quantitative estimate of drug-likeness (QED) is 0.562. The molecule has 5 nitrogen and oxygen atoms in total. The summed E-state index contributed by atoms with van der Waals surface area (Å²) < 4.78 is 0. The van der Waals surface area contributed by atoms with E-state index in [2.05, 4.69) is 11.9 Å². The van der Waals surface area contributed by atoms with Crippen molar-refractivity contribution in [1.29, 1.82) is 0 Å². The number of nitrogens with zero attached hydrogens (tertiary/aromatic N) is 1. The smallest absolute Gasteiger partial charge is 0.255 e. The van der Waals surface area contributed by atoms with Crippen LogP contribution < -0.4 is 5.32 Å². The largest absolute Gasteiger partial charge is 0.357 e. The summed E-state index contributed by atoms with van der Waals surface area (Å²) in [7, 11) is 1.55. The highest BCUT2D eigenvalue weighted by molar-refractivity contribution is 6.04. The highest BCUT2D eigenvalue weighted by atomic mass is 16.2. The van der Waals surface area contributed by atoms with Crippen molar-refractivity contribution in [3.63, 3.8) is 0 Å². The molecule has 2 rings (SSSR count). The second-order valence-corrected chi connectivity index (χ2v) is 7.09. The monoisotopic (exact) mass is 358 g/mol. The van der Waals surface area contributed by atoms with Crippen LogP contribution in [0.2, 0.25) is 0 Å². The van der Waals surface area contributed by atoms with Gasteiger partial charge in [0.15, 0.2) is 0 Å². The fourth-order valence-corrected chi connectivity index (χ4v) is 3.88. The van der Waals surface area contributed by atoms with Crippen LogP contribution in [0.5, 0.6) is 0 Å². The van der Waals surface area contributed by atoms with Crippen molar-refractivity contribution in [3.8, 4) is 0 Å². The number of aldehydes is 1. The third-order valence-corrected chi connectivity index (χ3v) is 5.47. The zero-order valence-electron chi connectivity index (χ0n) is 15.9. The van der Waals surface area contributed by atoms with Gasteiger partial charge in [-0.1, -0.05) is 37.5 Å². The lowest BCUT2D eigenvalue weighted by atomic mass is 9.83. The van der Waals surface area contributed by atoms with Crippen LogP contribution in [0.25, 0.3) is 0 Å². The molecule has 0 aromatic carbocycles. The Balaban J connectivity index is 2.23. The Hall–Kier alpha value is -2.17. The molecule has 5 heteroatoms. The Labute approximate surface area is 156 Å². The number of nitrogens with one attached hydrogen (secondary N) is 1. The van der Waals surface area contributed by atoms with Gasteiger partial charge in [0.25, 0.3) is 5.91 Å². The molecule has 0 radical (unpaired) electrons. The van der Waals surface area contributed by atoms with E-state index < -0.39 is 6.04 Å². The molecule has 1 atom stereocenters. The van der Waals surface area contributed by atoms with Crippen LogP contribution in [0.1, 0.15) is 51.9 Å². The van der Waals surface area contributed by atoms with Crippen molar-refractivity contribution in [2.45, 2.75) is 57.9 Å². The van der Waals surface area contributed by atoms with Gasteiger partial charge in [0.1, 0.15) is 12.3 Å². The van der Waals surface area contributed by atoms with Gasteiger partial charge in [-0.25, -0.2) is 0 Å². The molecule has 1 heterocycles. The Morgan fingerprint density at radius 3 is 2.62 bits per heavy atom. The van der Waals surface area contributed by atoms with Crippen LogP contribution >= 0.6 is 0 Å². The number of carbonyl (C=O) groups excluding carboxylic acids is 3. The molecule has 1 saturated heterocycles. The van der Waals surface area contributed by atoms with E-state index in [0.717, 1.165) is 30.3 Å². The van der Waals surface area contributed by atoms with E-state index in [1.807, 2.05) is 19.1 Å². The fraction of sp³-hybridized carbons (Fsp3) is 0.571. The maximum Gasteiger partial charge on any atom is 0.255 e. The second-order valence-electron chi connectivity index (χ2n) is 7.09. The number of carbonyl (C=O) groups is 3. The molecule has 2 amide bonds. The molecule has 26 heavy (non-hydrogen) atoms. The lowest BCUT2D eigenvalue weighted by Gasteiger charge is -2.25. The third-order valence-electron chi connectivity index (χ3n) is 5.47. The zero-order chi connectivity index (χ0) is 19.1. The molecule has 2 fully saturated rings. The van der Waals surface area contributed by atoms with Gasteiger partial charge < -0.3 is 15.0 Å². The lowest BCUT2D eigenvalue weighted by Crippen LogP contribution is -2.46. The summed E-state index contributed by atoms with van der Waals surface area (Å²) in [5.74, 6) is 0.0681. The molecule has 0 bridgehead atoms. The molecule has 1 N–H and O–H groups in total. The van der Waals surface area contributed by atoms with E-state index in [4.69, 9.17) is 0 Å². The maximum absolute atomic E-state index is 13.0. The number of allylic oxidation sites excluding steroid dienone is 3. The van der Waals surface area contributed by atoms with Crippen molar-refractivity contribution in [2.75, 3.05) is 13.6 Å². The normalized spacial score (nSPS) is 22.7. The van der Waals surface area contributed by atoms with E-state index in [1.54, 1.807) is 11.9 Å². The molecule has 1 aliphatic heterocycles.